The van der Waals surface area contributed by atoms with Crippen molar-refractivity contribution in [2.75, 3.05) is 26.2 Å². The number of aromatic nitrogens is 2. The molecule has 0 radical (unpaired) electrons. The molecular formula is C13H21ClN4OS. The number of aryl methyl sites for hydroxylation is 1. The Kier molecular flexibility index (Phi) is 4.99. The monoisotopic (exact) mass is 316 g/mol. The number of carbonyl (C=O) groups is 1. The predicted molar refractivity (Wildman–Crippen MR) is 81.6 cm³/mol. The first-order valence-electron chi connectivity index (χ1n) is 7.05. The Hall–Kier alpha value is -0.720. The van der Waals surface area contributed by atoms with Gasteiger partial charge in [0.25, 0.3) is 5.91 Å². The highest BCUT2D eigenvalue weighted by molar-refractivity contribution is 7.08. The van der Waals surface area contributed by atoms with Crippen LogP contribution < -0.4 is 5.32 Å². The van der Waals surface area contributed by atoms with E-state index in [0.29, 0.717) is 5.41 Å². The van der Waals surface area contributed by atoms with Crippen LogP contribution in [-0.2, 0) is 6.42 Å². The van der Waals surface area contributed by atoms with Crippen LogP contribution in [0.3, 0.4) is 0 Å². The Bertz CT molecular complexity index is 463. The number of nitrogens with one attached hydrogen (secondary N) is 1. The van der Waals surface area contributed by atoms with Crippen molar-refractivity contribution in [1.29, 1.82) is 0 Å². The van der Waals surface area contributed by atoms with Gasteiger partial charge in [0.15, 0.2) is 0 Å². The Morgan fingerprint density at radius 1 is 1.40 bits per heavy atom. The summed E-state index contributed by atoms with van der Waals surface area (Å²) in [5, 5.41) is 7.48. The van der Waals surface area contributed by atoms with E-state index in [1.165, 1.54) is 18.0 Å². The Labute approximate surface area is 129 Å². The van der Waals surface area contributed by atoms with Crippen LogP contribution in [0.1, 0.15) is 41.6 Å². The summed E-state index contributed by atoms with van der Waals surface area (Å²) in [6.07, 6.45) is 4.29. The van der Waals surface area contributed by atoms with Gasteiger partial charge in [-0.05, 0) is 49.2 Å². The summed E-state index contributed by atoms with van der Waals surface area (Å²) in [5.41, 5.74) is 1.30. The molecule has 3 heterocycles. The summed E-state index contributed by atoms with van der Waals surface area (Å²) in [7, 11) is 0. The summed E-state index contributed by atoms with van der Waals surface area (Å²) in [6, 6.07) is 0. The molecule has 112 valence electrons. The van der Waals surface area contributed by atoms with Gasteiger partial charge in [0.1, 0.15) is 4.88 Å². The quantitative estimate of drug-likeness (QED) is 0.903. The average molecular weight is 317 g/mol. The molecule has 2 fully saturated rings. The Balaban J connectivity index is 0.00000147. The molecule has 2 aliphatic rings. The number of hydrogen-bond acceptors (Lipinski definition) is 5. The van der Waals surface area contributed by atoms with Gasteiger partial charge in [0, 0.05) is 19.6 Å². The molecule has 0 aromatic carbocycles. The van der Waals surface area contributed by atoms with Crippen LogP contribution in [0.5, 0.6) is 0 Å². The molecule has 3 rings (SSSR count). The fourth-order valence-corrected chi connectivity index (χ4v) is 3.87. The third-order valence-corrected chi connectivity index (χ3v) is 5.28. The van der Waals surface area contributed by atoms with Crippen LogP contribution in [-0.4, -0.2) is 46.6 Å². The van der Waals surface area contributed by atoms with Gasteiger partial charge in [0.2, 0.25) is 0 Å². The molecule has 7 heteroatoms. The van der Waals surface area contributed by atoms with Crippen molar-refractivity contribution in [3.8, 4) is 0 Å². The van der Waals surface area contributed by atoms with E-state index in [4.69, 9.17) is 0 Å². The van der Waals surface area contributed by atoms with E-state index < -0.39 is 0 Å². The van der Waals surface area contributed by atoms with E-state index in [2.05, 4.69) is 14.9 Å². The van der Waals surface area contributed by atoms with E-state index in [9.17, 15) is 4.79 Å². The molecule has 20 heavy (non-hydrogen) atoms. The van der Waals surface area contributed by atoms with E-state index >= 15 is 0 Å². The van der Waals surface area contributed by atoms with Gasteiger partial charge in [-0.15, -0.1) is 17.5 Å². The predicted octanol–water partition coefficient (Wildman–Crippen LogP) is 1.74. The summed E-state index contributed by atoms with van der Waals surface area (Å²) in [4.78, 5) is 15.2. The number of rotatable bonds is 2. The summed E-state index contributed by atoms with van der Waals surface area (Å²) in [5.74, 6) is 0.132. The van der Waals surface area contributed by atoms with Crippen LogP contribution in [0.15, 0.2) is 0 Å². The van der Waals surface area contributed by atoms with Gasteiger partial charge in [-0.1, -0.05) is 11.4 Å². The maximum atomic E-state index is 12.5. The van der Waals surface area contributed by atoms with E-state index in [1.807, 2.05) is 11.8 Å². The molecule has 0 saturated carbocycles. The number of nitrogens with zero attached hydrogens (tertiary/aromatic N) is 3. The van der Waals surface area contributed by atoms with Crippen molar-refractivity contribution < 1.29 is 4.79 Å². The molecule has 1 amide bonds. The maximum absolute atomic E-state index is 12.5. The first kappa shape index (κ1) is 15.7. The SMILES string of the molecule is CCc1nnsc1C(=O)N1CCC2(CCNC2)CC1.Cl. The third-order valence-electron chi connectivity index (χ3n) is 4.53. The van der Waals surface area contributed by atoms with Crippen molar-refractivity contribution in [1.82, 2.24) is 19.8 Å². The van der Waals surface area contributed by atoms with Crippen molar-refractivity contribution in [3.05, 3.63) is 10.6 Å². The van der Waals surface area contributed by atoms with Gasteiger partial charge in [0.05, 0.1) is 5.69 Å². The number of piperidine rings is 1. The number of carbonyl (C=O) groups excluding carboxylic acids is 1. The van der Waals surface area contributed by atoms with Gasteiger partial charge in [-0.25, -0.2) is 0 Å². The van der Waals surface area contributed by atoms with Gasteiger partial charge in [-0.2, -0.15) is 0 Å². The van der Waals surface area contributed by atoms with Crippen molar-refractivity contribution in [3.63, 3.8) is 0 Å². The number of amides is 1. The molecule has 2 saturated heterocycles. The standard InChI is InChI=1S/C13H20N4OS.ClH/c1-2-10-11(19-16-15-10)12(18)17-7-4-13(5-8-17)3-6-14-9-13;/h14H,2-9H2,1H3;1H. The summed E-state index contributed by atoms with van der Waals surface area (Å²) >= 11 is 1.23. The molecule has 0 unspecified atom stereocenters. The molecule has 1 aromatic rings. The lowest BCUT2D eigenvalue weighted by molar-refractivity contribution is 0.0611. The average Bonchev–Trinajstić information content (AvgIpc) is 3.08. The van der Waals surface area contributed by atoms with Gasteiger partial charge in [-0.3, -0.25) is 4.79 Å². The number of halogens is 1. The zero-order valence-electron chi connectivity index (χ0n) is 11.7. The molecule has 0 atom stereocenters. The molecular weight excluding hydrogens is 296 g/mol. The van der Waals surface area contributed by atoms with E-state index in [0.717, 1.165) is 56.0 Å². The van der Waals surface area contributed by atoms with Crippen molar-refractivity contribution in [2.45, 2.75) is 32.6 Å². The fourth-order valence-electron chi connectivity index (χ4n) is 3.15. The van der Waals surface area contributed by atoms with Gasteiger partial charge >= 0.3 is 0 Å². The minimum atomic E-state index is 0. The third kappa shape index (κ3) is 2.82. The molecule has 2 aliphatic heterocycles. The molecule has 5 nitrogen and oxygen atoms in total. The second-order valence-electron chi connectivity index (χ2n) is 5.62. The van der Waals surface area contributed by atoms with E-state index in [-0.39, 0.29) is 18.3 Å². The number of hydrogen-bond donors (Lipinski definition) is 1. The van der Waals surface area contributed by atoms with Crippen LogP contribution in [0.25, 0.3) is 0 Å². The zero-order chi connectivity index (χ0) is 13.3. The highest BCUT2D eigenvalue weighted by Crippen LogP contribution is 2.37. The molecule has 1 N–H and O–H groups in total. The molecule has 0 bridgehead atoms. The Morgan fingerprint density at radius 2 is 2.15 bits per heavy atom. The normalized spacial score (nSPS) is 20.9. The highest BCUT2D eigenvalue weighted by Gasteiger charge is 2.38. The second-order valence-corrected chi connectivity index (χ2v) is 6.38. The summed E-state index contributed by atoms with van der Waals surface area (Å²) in [6.45, 7) is 6.02. The van der Waals surface area contributed by atoms with Gasteiger partial charge < -0.3 is 10.2 Å². The van der Waals surface area contributed by atoms with Crippen LogP contribution >= 0.6 is 23.9 Å². The van der Waals surface area contributed by atoms with Crippen molar-refractivity contribution in [2.24, 2.45) is 5.41 Å². The largest absolute Gasteiger partial charge is 0.338 e. The highest BCUT2D eigenvalue weighted by atomic mass is 35.5. The van der Waals surface area contributed by atoms with E-state index in [1.54, 1.807) is 0 Å². The first-order chi connectivity index (χ1) is 9.24. The lowest BCUT2D eigenvalue weighted by atomic mass is 9.78. The van der Waals surface area contributed by atoms with Crippen LogP contribution in [0.2, 0.25) is 0 Å². The lowest BCUT2D eigenvalue weighted by Crippen LogP contribution is -2.44. The minimum absolute atomic E-state index is 0. The lowest BCUT2D eigenvalue weighted by Gasteiger charge is -2.38. The second kappa shape index (κ2) is 6.37. The molecule has 0 aliphatic carbocycles. The number of likely N-dealkylation sites (tertiary alicyclic amines) is 1. The summed E-state index contributed by atoms with van der Waals surface area (Å²) < 4.78 is 3.91. The first-order valence-corrected chi connectivity index (χ1v) is 7.83. The van der Waals surface area contributed by atoms with Crippen LogP contribution in [0.4, 0.5) is 0 Å². The van der Waals surface area contributed by atoms with Crippen molar-refractivity contribution >= 4 is 29.8 Å². The maximum Gasteiger partial charge on any atom is 0.267 e. The smallest absolute Gasteiger partial charge is 0.267 e. The zero-order valence-corrected chi connectivity index (χ0v) is 13.4. The molecule has 1 aromatic heterocycles. The van der Waals surface area contributed by atoms with Crippen LogP contribution in [0, 0.1) is 5.41 Å². The molecule has 1 spiro atoms. The Morgan fingerprint density at radius 3 is 2.75 bits per heavy atom. The topological polar surface area (TPSA) is 58.1 Å². The minimum Gasteiger partial charge on any atom is -0.338 e. The fraction of sp³-hybridized carbons (Fsp3) is 0.769.